The van der Waals surface area contributed by atoms with Crippen LogP contribution >= 0.6 is 11.3 Å². The van der Waals surface area contributed by atoms with Crippen LogP contribution in [0.25, 0.3) is 137 Å². The van der Waals surface area contributed by atoms with E-state index in [1.165, 1.54) is 25.6 Å². The minimum Gasteiger partial charge on any atom is -0.456 e. The third kappa shape index (κ3) is 5.16. The van der Waals surface area contributed by atoms with Crippen molar-refractivity contribution in [3.05, 3.63) is 194 Å². The van der Waals surface area contributed by atoms with Crippen LogP contribution in [0, 0.1) is 0 Å². The van der Waals surface area contributed by atoms with Crippen LogP contribution < -0.4 is 0 Å². The van der Waals surface area contributed by atoms with Crippen LogP contribution in [0.3, 0.4) is 0 Å². The zero-order chi connectivity index (χ0) is 41.9. The molecule has 0 aliphatic rings. The lowest BCUT2D eigenvalue weighted by Gasteiger charge is -2.12. The van der Waals surface area contributed by atoms with Gasteiger partial charge in [-0.2, -0.15) is 0 Å². The van der Waals surface area contributed by atoms with Crippen molar-refractivity contribution < 1.29 is 8.83 Å². The van der Waals surface area contributed by atoms with Crippen molar-refractivity contribution in [2.24, 2.45) is 0 Å². The van der Waals surface area contributed by atoms with Gasteiger partial charge in [0.1, 0.15) is 22.3 Å². The molecule has 0 bridgehead atoms. The van der Waals surface area contributed by atoms with Crippen molar-refractivity contribution in [3.8, 4) is 51.0 Å². The van der Waals surface area contributed by atoms with Gasteiger partial charge < -0.3 is 13.4 Å². The molecule has 9 aromatic carbocycles. The predicted molar refractivity (Wildman–Crippen MR) is 263 cm³/mol. The molecular formula is C57H32N4O2S. The highest BCUT2D eigenvalue weighted by Crippen LogP contribution is 2.45. The van der Waals surface area contributed by atoms with Gasteiger partial charge in [-0.25, -0.2) is 15.0 Å². The molecule has 64 heavy (non-hydrogen) atoms. The number of hydrogen-bond donors (Lipinski definition) is 0. The first-order chi connectivity index (χ1) is 31.7. The topological polar surface area (TPSA) is 69.9 Å². The summed E-state index contributed by atoms with van der Waals surface area (Å²) < 4.78 is 18.1. The number of nitrogens with zero attached hydrogens (tertiary/aromatic N) is 4. The molecule has 0 saturated carbocycles. The molecule has 6 nitrogen and oxygen atoms in total. The standard InChI is InChI=1S/C57H32N4O2S/c1-2-14-34(15-3-1)61-45-25-7-4-16-35(45)38-19-10-20-39(53(38)61)40-21-11-22-42-51-43(23-12-27-47(51)63-54(40)42)56-58-55(33-30-31-37-36-17-5-8-26-46(36)62-48(37)32-33)59-57(60-56)44-24-13-29-50-52(44)41-18-6-9-28-49(41)64-50/h1-32H. The van der Waals surface area contributed by atoms with E-state index in [0.717, 1.165) is 93.8 Å². The van der Waals surface area contributed by atoms with E-state index in [1.54, 1.807) is 11.3 Å². The Kier molecular flexibility index (Phi) is 7.46. The van der Waals surface area contributed by atoms with Crippen LogP contribution in [0.2, 0.25) is 0 Å². The predicted octanol–water partition coefficient (Wildman–Crippen LogP) is 15.8. The molecule has 0 amide bonds. The van der Waals surface area contributed by atoms with Crippen LogP contribution in [0.15, 0.2) is 203 Å². The Morgan fingerprint density at radius 1 is 0.375 bits per heavy atom. The summed E-state index contributed by atoms with van der Waals surface area (Å²) in [6, 6.07) is 67.8. The summed E-state index contributed by atoms with van der Waals surface area (Å²) >= 11 is 1.78. The lowest BCUT2D eigenvalue weighted by molar-refractivity contribution is 0.669. The van der Waals surface area contributed by atoms with E-state index >= 15 is 0 Å². The van der Waals surface area contributed by atoms with E-state index in [9.17, 15) is 0 Å². The second-order valence-corrected chi connectivity index (χ2v) is 17.3. The van der Waals surface area contributed by atoms with Gasteiger partial charge in [-0.1, -0.05) is 140 Å². The van der Waals surface area contributed by atoms with Crippen molar-refractivity contribution >= 4 is 97.2 Å². The third-order valence-corrected chi connectivity index (χ3v) is 13.8. The molecule has 0 spiro atoms. The number of rotatable bonds is 5. The van der Waals surface area contributed by atoms with Gasteiger partial charge in [0.2, 0.25) is 0 Å². The molecule has 0 atom stereocenters. The highest BCUT2D eigenvalue weighted by molar-refractivity contribution is 7.25. The summed E-state index contributed by atoms with van der Waals surface area (Å²) in [5.41, 5.74) is 11.3. The fourth-order valence-electron chi connectivity index (χ4n) is 9.90. The molecule has 0 N–H and O–H groups in total. The number of para-hydroxylation sites is 5. The van der Waals surface area contributed by atoms with Crippen molar-refractivity contribution in [1.82, 2.24) is 19.5 Å². The Hall–Kier alpha value is -8.39. The van der Waals surface area contributed by atoms with Crippen LogP contribution in [0.1, 0.15) is 0 Å². The van der Waals surface area contributed by atoms with E-state index in [4.69, 9.17) is 23.8 Å². The number of thiophene rings is 1. The van der Waals surface area contributed by atoms with Gasteiger partial charge in [0.05, 0.1) is 11.0 Å². The zero-order valence-electron chi connectivity index (χ0n) is 34.0. The van der Waals surface area contributed by atoms with Crippen molar-refractivity contribution in [2.75, 3.05) is 0 Å². The fraction of sp³-hybridized carbons (Fsp3) is 0. The van der Waals surface area contributed by atoms with Crippen molar-refractivity contribution in [2.45, 2.75) is 0 Å². The minimum absolute atomic E-state index is 0.560. The Bertz CT molecular complexity index is 4210. The molecule has 7 heteroatoms. The van der Waals surface area contributed by atoms with Gasteiger partial charge >= 0.3 is 0 Å². The van der Waals surface area contributed by atoms with E-state index in [-0.39, 0.29) is 0 Å². The second-order valence-electron chi connectivity index (χ2n) is 16.2. The van der Waals surface area contributed by atoms with E-state index in [1.807, 2.05) is 36.4 Å². The van der Waals surface area contributed by atoms with Crippen molar-refractivity contribution in [1.29, 1.82) is 0 Å². The van der Waals surface area contributed by atoms with Gasteiger partial charge in [0.25, 0.3) is 0 Å². The molecule has 5 heterocycles. The van der Waals surface area contributed by atoms with Crippen LogP contribution in [0.4, 0.5) is 0 Å². The summed E-state index contributed by atoms with van der Waals surface area (Å²) in [5.74, 6) is 1.72. The van der Waals surface area contributed by atoms with Crippen LogP contribution in [0.5, 0.6) is 0 Å². The first-order valence-corrected chi connectivity index (χ1v) is 22.2. The van der Waals surface area contributed by atoms with Crippen molar-refractivity contribution in [3.63, 3.8) is 0 Å². The zero-order valence-corrected chi connectivity index (χ0v) is 34.8. The fourth-order valence-corrected chi connectivity index (χ4v) is 11.0. The SMILES string of the molecule is c1ccc(-n2c3ccccc3c3cccc(-c4cccc5c4oc4cccc(-c6nc(-c7ccc8c(c7)oc7ccccc78)nc(-c7cccc8sc9ccccc9c78)n6)c45)c32)cc1. The molecule has 14 aromatic rings. The molecule has 0 aliphatic heterocycles. The highest BCUT2D eigenvalue weighted by atomic mass is 32.1. The maximum atomic E-state index is 6.98. The van der Waals surface area contributed by atoms with E-state index in [2.05, 4.69) is 162 Å². The van der Waals surface area contributed by atoms with E-state index in [0.29, 0.717) is 17.5 Å². The van der Waals surface area contributed by atoms with Gasteiger partial charge in [-0.3, -0.25) is 0 Å². The Labute approximate surface area is 368 Å². The first kappa shape index (κ1) is 35.2. The van der Waals surface area contributed by atoms with Gasteiger partial charge in [0.15, 0.2) is 17.5 Å². The molecule has 298 valence electrons. The Balaban J connectivity index is 1.02. The molecule has 5 aromatic heterocycles. The molecule has 0 saturated heterocycles. The summed E-state index contributed by atoms with van der Waals surface area (Å²) in [7, 11) is 0. The Morgan fingerprint density at radius 2 is 0.984 bits per heavy atom. The van der Waals surface area contributed by atoms with E-state index < -0.39 is 0 Å². The summed E-state index contributed by atoms with van der Waals surface area (Å²) in [4.78, 5) is 16.0. The van der Waals surface area contributed by atoms with Crippen LogP contribution in [-0.4, -0.2) is 19.5 Å². The quantitative estimate of drug-likeness (QED) is 0.173. The normalized spacial score (nSPS) is 12.1. The molecule has 0 radical (unpaired) electrons. The maximum absolute atomic E-state index is 6.98. The maximum Gasteiger partial charge on any atom is 0.164 e. The first-order valence-electron chi connectivity index (χ1n) is 21.3. The molecule has 14 rings (SSSR count). The lowest BCUT2D eigenvalue weighted by atomic mass is 9.98. The third-order valence-electron chi connectivity index (χ3n) is 12.7. The minimum atomic E-state index is 0.560. The largest absolute Gasteiger partial charge is 0.456 e. The second kappa shape index (κ2) is 13.6. The van der Waals surface area contributed by atoms with Gasteiger partial charge in [-0.05, 0) is 54.6 Å². The Morgan fingerprint density at radius 3 is 1.86 bits per heavy atom. The summed E-state index contributed by atoms with van der Waals surface area (Å²) in [6.45, 7) is 0. The number of hydrogen-bond acceptors (Lipinski definition) is 6. The van der Waals surface area contributed by atoms with Gasteiger partial charge in [-0.15, -0.1) is 11.3 Å². The molecule has 0 aliphatic carbocycles. The summed E-state index contributed by atoms with van der Waals surface area (Å²) in [6.07, 6.45) is 0. The number of aromatic nitrogens is 4. The monoisotopic (exact) mass is 836 g/mol. The molecular weight excluding hydrogens is 805 g/mol. The lowest BCUT2D eigenvalue weighted by Crippen LogP contribution is -2.00. The number of furan rings is 2. The van der Waals surface area contributed by atoms with Crippen LogP contribution in [-0.2, 0) is 0 Å². The molecule has 0 fully saturated rings. The average Bonchev–Trinajstić information content (AvgIpc) is 4.13. The molecule has 0 unspecified atom stereocenters. The summed E-state index contributed by atoms with van der Waals surface area (Å²) in [5, 5.41) is 8.77. The number of benzene rings is 9. The average molecular weight is 837 g/mol. The van der Waals surface area contributed by atoms with Gasteiger partial charge in [0, 0.05) is 86.0 Å². The number of fused-ring (bicyclic) bond motifs is 12. The smallest absolute Gasteiger partial charge is 0.164 e. The highest BCUT2D eigenvalue weighted by Gasteiger charge is 2.23.